The Bertz CT molecular complexity index is 1990. The molecule has 6 nitrogen and oxygen atoms in total. The summed E-state index contributed by atoms with van der Waals surface area (Å²) in [6, 6.07) is 30.1. The van der Waals surface area contributed by atoms with E-state index >= 15 is 0 Å². The molecule has 256 valence electrons. The number of anilines is 4. The van der Waals surface area contributed by atoms with E-state index in [1.54, 1.807) is 72.8 Å². The number of para-hydroxylation sites is 3. The van der Waals surface area contributed by atoms with Crippen molar-refractivity contribution in [3.8, 4) is 12.1 Å². The van der Waals surface area contributed by atoms with Crippen LogP contribution < -0.4 is 16.0 Å². The Hall–Kier alpha value is -4.75. The number of rotatable bonds is 6. The molecule has 0 bridgehead atoms. The van der Waals surface area contributed by atoms with Crippen LogP contribution in [0.5, 0.6) is 0 Å². The standard InChI is InChI=1S/C19H10Cl2F2N2S.C13H8Cl2N2.BF4.N2/c20-14-2-1-3-15(21)19(14)25-17-6-5-13(8-11(17)10-24)26-18-7-4-12(22)9-16(18)23;14-10-5-3-6-11(15)13(10)17-12-7-2-1-4-9(12)8-16;2-1(3,4)5;1-2/h1-9,25H;1-7,17H;;/q;;-1;/p+1. The Morgan fingerprint density at radius 3 is 1.52 bits per heavy atom. The lowest BCUT2D eigenvalue weighted by Gasteiger charge is -2.12. The fourth-order valence-electron chi connectivity index (χ4n) is 3.67. The van der Waals surface area contributed by atoms with E-state index in [9.17, 15) is 31.3 Å². The quantitative estimate of drug-likeness (QED) is 0.0896. The monoisotopic (exact) mass is 784 g/mol. The molecule has 50 heavy (non-hydrogen) atoms. The van der Waals surface area contributed by atoms with Gasteiger partial charge in [0.2, 0.25) is 5.39 Å². The van der Waals surface area contributed by atoms with Crippen LogP contribution in [0, 0.1) is 39.7 Å². The third kappa shape index (κ3) is 13.3. The van der Waals surface area contributed by atoms with Crippen molar-refractivity contribution in [2.45, 2.75) is 9.79 Å². The molecule has 0 heterocycles. The van der Waals surface area contributed by atoms with Crippen LogP contribution in [0.15, 0.2) is 107 Å². The summed E-state index contributed by atoms with van der Waals surface area (Å²) in [5, 5.41) is 37.4. The lowest BCUT2D eigenvalue weighted by molar-refractivity contribution is -0.175. The minimum Gasteiger partial charge on any atom is -0.418 e. The van der Waals surface area contributed by atoms with Gasteiger partial charge in [-0.2, -0.15) is 10.5 Å². The molecule has 3 N–H and O–H groups in total. The topological polar surface area (TPSA) is 119 Å². The van der Waals surface area contributed by atoms with Crippen molar-refractivity contribution in [1.29, 1.82) is 15.9 Å². The number of diazo groups is 1. The van der Waals surface area contributed by atoms with Crippen LogP contribution >= 0.6 is 58.2 Å². The summed E-state index contributed by atoms with van der Waals surface area (Å²) < 4.78 is 65.8. The average molecular weight is 786 g/mol. The van der Waals surface area contributed by atoms with E-state index in [1.807, 2.05) is 6.07 Å². The summed E-state index contributed by atoms with van der Waals surface area (Å²) in [5.74, 6) is -1.29. The molecule has 0 aliphatic heterocycles. The first-order chi connectivity index (χ1) is 23.7. The maximum Gasteiger partial charge on any atom is 0.673 e. The van der Waals surface area contributed by atoms with Crippen LogP contribution in [0.1, 0.15) is 11.1 Å². The van der Waals surface area contributed by atoms with Crippen molar-refractivity contribution in [2.75, 3.05) is 10.6 Å². The van der Waals surface area contributed by atoms with Gasteiger partial charge in [-0.15, -0.1) is 0 Å². The zero-order valence-electron chi connectivity index (χ0n) is 24.8. The Balaban J connectivity index is 0.000000310. The molecule has 5 rings (SSSR count). The fourth-order valence-corrected chi connectivity index (χ4v) is 5.51. The molecule has 0 aromatic heterocycles. The highest BCUT2D eigenvalue weighted by molar-refractivity contribution is 7.99. The highest BCUT2D eigenvalue weighted by Gasteiger charge is 2.20. The molecule has 0 aliphatic carbocycles. The zero-order chi connectivity index (χ0) is 37.4. The van der Waals surface area contributed by atoms with Gasteiger partial charge in [0.05, 0.1) is 59.4 Å². The van der Waals surface area contributed by atoms with E-state index in [0.717, 1.165) is 17.8 Å². The van der Waals surface area contributed by atoms with E-state index in [4.69, 9.17) is 62.5 Å². The summed E-state index contributed by atoms with van der Waals surface area (Å²) in [5.41, 5.74) is 3.20. The molecule has 18 heteroatoms. The lowest BCUT2D eigenvalue weighted by Crippen LogP contribution is -2.11. The van der Waals surface area contributed by atoms with Crippen molar-refractivity contribution in [3.05, 3.63) is 140 Å². The van der Waals surface area contributed by atoms with Crippen LogP contribution in [-0.2, 0) is 0 Å². The van der Waals surface area contributed by atoms with E-state index in [2.05, 4.69) is 22.8 Å². The van der Waals surface area contributed by atoms with E-state index < -0.39 is 18.9 Å². The molecule has 0 radical (unpaired) electrons. The van der Waals surface area contributed by atoms with Crippen molar-refractivity contribution in [2.24, 2.45) is 0 Å². The van der Waals surface area contributed by atoms with Gasteiger partial charge >= 0.3 is 7.25 Å². The second kappa shape index (κ2) is 20.1. The van der Waals surface area contributed by atoms with Gasteiger partial charge < -0.3 is 27.9 Å². The van der Waals surface area contributed by atoms with Crippen LogP contribution in [0.4, 0.5) is 48.8 Å². The number of nitriles is 2. The van der Waals surface area contributed by atoms with Crippen molar-refractivity contribution in [1.82, 2.24) is 0 Å². The summed E-state index contributed by atoms with van der Waals surface area (Å²) in [4.78, 5) is 0.910. The van der Waals surface area contributed by atoms with Crippen LogP contribution in [-0.4, -0.2) is 7.25 Å². The third-order valence-corrected chi connectivity index (χ3v) is 8.03. The number of halogens is 10. The number of hydrogen-bond donors (Lipinski definition) is 3. The van der Waals surface area contributed by atoms with E-state index in [0.29, 0.717) is 58.9 Å². The molecule has 0 fully saturated rings. The minimum atomic E-state index is -6.00. The van der Waals surface area contributed by atoms with Gasteiger partial charge in [-0.1, -0.05) is 82.4 Å². The second-order valence-electron chi connectivity index (χ2n) is 9.09. The first-order valence-corrected chi connectivity index (χ1v) is 15.7. The molecule has 0 amide bonds. The SMILES string of the molecule is F[B-](F)(F)F.N#Cc1cc(Sc2ccc(F)cc2F)ccc1Nc1c(Cl)cccc1Cl.N#Cc1ccccc1Nc1c(Cl)cccc1Cl.N#[NH+]. The summed E-state index contributed by atoms with van der Waals surface area (Å²) in [7, 11) is -6.00. The van der Waals surface area contributed by atoms with Gasteiger partial charge in [-0.05, 0) is 66.7 Å². The molecule has 0 saturated heterocycles. The van der Waals surface area contributed by atoms with Gasteiger partial charge in [0.25, 0.3) is 0 Å². The van der Waals surface area contributed by atoms with E-state index in [-0.39, 0.29) is 4.90 Å². The molecule has 0 atom stereocenters. The third-order valence-electron chi connectivity index (χ3n) is 5.73. The van der Waals surface area contributed by atoms with Gasteiger partial charge in [0, 0.05) is 15.9 Å². The Kier molecular flexibility index (Phi) is 16.6. The van der Waals surface area contributed by atoms with Crippen LogP contribution in [0.2, 0.25) is 20.1 Å². The molecule has 0 unspecified atom stereocenters. The zero-order valence-corrected chi connectivity index (χ0v) is 28.7. The van der Waals surface area contributed by atoms with Gasteiger partial charge in [0.15, 0.2) is 0 Å². The largest absolute Gasteiger partial charge is 0.673 e. The summed E-state index contributed by atoms with van der Waals surface area (Å²) in [6.07, 6.45) is 0. The van der Waals surface area contributed by atoms with E-state index in [1.165, 1.54) is 12.1 Å². The van der Waals surface area contributed by atoms with Crippen LogP contribution in [0.3, 0.4) is 0 Å². The summed E-state index contributed by atoms with van der Waals surface area (Å²) in [6.45, 7) is 0. The molecular weight excluding hydrogens is 767 g/mol. The average Bonchev–Trinajstić information content (AvgIpc) is 3.07. The molecule has 5 aromatic carbocycles. The fraction of sp³-hybridized carbons (Fsp3) is 0. The molecule has 0 spiro atoms. The molecule has 5 aromatic rings. The maximum atomic E-state index is 13.8. The number of benzene rings is 5. The predicted octanol–water partition coefficient (Wildman–Crippen LogP) is 11.2. The second-order valence-corrected chi connectivity index (χ2v) is 11.8. The van der Waals surface area contributed by atoms with Crippen molar-refractivity contribution in [3.63, 3.8) is 0 Å². The van der Waals surface area contributed by atoms with Crippen molar-refractivity contribution >= 4 is 88.2 Å². The minimum absolute atomic E-state index is 0.269. The van der Waals surface area contributed by atoms with Gasteiger partial charge in [0.1, 0.15) is 23.8 Å². The Labute approximate surface area is 306 Å². The molecule has 0 saturated carbocycles. The summed E-state index contributed by atoms with van der Waals surface area (Å²) >= 11 is 25.5. The smallest absolute Gasteiger partial charge is 0.418 e. The molecular formula is C32H19BCl4F6N6S. The number of nitrogens with zero attached hydrogens (tertiary/aromatic N) is 3. The molecule has 0 aliphatic rings. The first-order valence-electron chi connectivity index (χ1n) is 13.4. The normalized spacial score (nSPS) is 9.96. The maximum absolute atomic E-state index is 13.8. The highest BCUT2D eigenvalue weighted by Crippen LogP contribution is 2.37. The Morgan fingerprint density at radius 1 is 0.600 bits per heavy atom. The lowest BCUT2D eigenvalue weighted by atomic mass is 10.2. The van der Waals surface area contributed by atoms with Gasteiger partial charge in [-0.3, -0.25) is 0 Å². The highest BCUT2D eigenvalue weighted by atomic mass is 35.5. The predicted molar refractivity (Wildman–Crippen MR) is 185 cm³/mol. The Morgan fingerprint density at radius 2 is 1.06 bits per heavy atom. The number of nitrogens with one attached hydrogen (secondary N) is 3. The van der Waals surface area contributed by atoms with Gasteiger partial charge in [-0.25, -0.2) is 8.78 Å². The van der Waals surface area contributed by atoms with Crippen LogP contribution in [0.25, 0.3) is 0 Å². The number of hydrogen-bond acceptors (Lipinski definition) is 6. The first kappa shape index (κ1) is 41.4. The van der Waals surface area contributed by atoms with Crippen molar-refractivity contribution < 1.29 is 31.4 Å².